The fourth-order valence-electron chi connectivity index (χ4n) is 2.63. The van der Waals surface area contributed by atoms with Gasteiger partial charge in [0.15, 0.2) is 5.78 Å². The van der Waals surface area contributed by atoms with Gasteiger partial charge in [-0.3, -0.25) is 4.79 Å². The zero-order valence-electron chi connectivity index (χ0n) is 14.5. The Morgan fingerprint density at radius 3 is 1.82 bits per heavy atom. The number of ether oxygens (including phenoxy) is 1. The maximum Gasteiger partial charge on any atom is 0.339 e. The molecular weight excluding hydrogens is 372 g/mol. The molecule has 9 heteroatoms. The lowest BCUT2D eigenvalue weighted by Crippen LogP contribution is -2.24. The van der Waals surface area contributed by atoms with Gasteiger partial charge in [-0.15, -0.1) is 0 Å². The topological polar surface area (TPSA) is 155 Å². The summed E-state index contributed by atoms with van der Waals surface area (Å²) in [5, 5.41) is 28.2. The number of hydrogen-bond donors (Lipinski definition) is 3. The minimum Gasteiger partial charge on any atom is -0.478 e. The van der Waals surface area contributed by atoms with Crippen LogP contribution in [0.1, 0.15) is 64.3 Å². The van der Waals surface area contributed by atoms with Crippen molar-refractivity contribution in [3.8, 4) is 0 Å². The number of carbonyl (C=O) groups is 5. The van der Waals surface area contributed by atoms with E-state index in [4.69, 9.17) is 4.74 Å². The van der Waals surface area contributed by atoms with Crippen molar-refractivity contribution in [3.63, 3.8) is 0 Å². The van der Waals surface area contributed by atoms with Crippen LogP contribution in [0.2, 0.25) is 0 Å². The van der Waals surface area contributed by atoms with E-state index in [9.17, 15) is 39.3 Å². The molecule has 0 fully saturated rings. The third-order valence-electron chi connectivity index (χ3n) is 3.75. The van der Waals surface area contributed by atoms with Crippen LogP contribution in [0.15, 0.2) is 36.4 Å². The molecule has 0 aliphatic rings. The molecule has 9 nitrogen and oxygen atoms in total. The second-order valence-electron chi connectivity index (χ2n) is 5.43. The average molecular weight is 386 g/mol. The summed E-state index contributed by atoms with van der Waals surface area (Å²) < 4.78 is 4.79. The smallest absolute Gasteiger partial charge is 0.339 e. The molecule has 0 amide bonds. The van der Waals surface area contributed by atoms with Crippen LogP contribution in [0.25, 0.3) is 0 Å². The Bertz CT molecular complexity index is 990. The first kappa shape index (κ1) is 20.3. The number of benzene rings is 2. The van der Waals surface area contributed by atoms with Crippen LogP contribution in [-0.4, -0.2) is 51.6 Å². The number of rotatable bonds is 7. The number of ketones is 1. The van der Waals surface area contributed by atoms with Crippen LogP contribution in [0.4, 0.5) is 0 Å². The van der Waals surface area contributed by atoms with Crippen molar-refractivity contribution < 1.29 is 44.0 Å². The van der Waals surface area contributed by atoms with E-state index in [0.29, 0.717) is 6.07 Å². The molecule has 0 bridgehead atoms. The number of carbonyl (C=O) groups excluding carboxylic acids is 2. The van der Waals surface area contributed by atoms with Crippen LogP contribution in [0.3, 0.4) is 0 Å². The monoisotopic (exact) mass is 386 g/mol. The Kier molecular flexibility index (Phi) is 5.89. The van der Waals surface area contributed by atoms with E-state index in [-0.39, 0.29) is 12.2 Å². The summed E-state index contributed by atoms with van der Waals surface area (Å²) in [6, 6.07) is 8.08. The van der Waals surface area contributed by atoms with E-state index in [1.165, 1.54) is 31.2 Å². The van der Waals surface area contributed by atoms with Crippen molar-refractivity contribution in [3.05, 3.63) is 69.8 Å². The van der Waals surface area contributed by atoms with E-state index in [1.54, 1.807) is 6.07 Å². The SMILES string of the molecule is CCOC(=O)c1c(C(=O)c2ccccc2)cc(C(=O)O)c(C(=O)O)c1C(=O)O. The predicted octanol–water partition coefficient (Wildman–Crippen LogP) is 2.19. The summed E-state index contributed by atoms with van der Waals surface area (Å²) in [7, 11) is 0. The molecule has 0 aromatic heterocycles. The van der Waals surface area contributed by atoms with Gasteiger partial charge < -0.3 is 20.1 Å². The largest absolute Gasteiger partial charge is 0.478 e. The molecule has 0 unspecified atom stereocenters. The van der Waals surface area contributed by atoms with Gasteiger partial charge in [-0.2, -0.15) is 0 Å². The first-order valence-corrected chi connectivity index (χ1v) is 7.88. The fraction of sp³-hybridized carbons (Fsp3) is 0.105. The second-order valence-corrected chi connectivity index (χ2v) is 5.43. The molecule has 144 valence electrons. The first-order valence-electron chi connectivity index (χ1n) is 7.88. The van der Waals surface area contributed by atoms with Gasteiger partial charge in [0.2, 0.25) is 0 Å². The van der Waals surface area contributed by atoms with E-state index in [1.807, 2.05) is 0 Å². The van der Waals surface area contributed by atoms with Gasteiger partial charge in [-0.25, -0.2) is 19.2 Å². The van der Waals surface area contributed by atoms with Crippen molar-refractivity contribution in [2.75, 3.05) is 6.61 Å². The molecule has 0 radical (unpaired) electrons. The fourth-order valence-corrected chi connectivity index (χ4v) is 2.63. The molecule has 0 heterocycles. The summed E-state index contributed by atoms with van der Waals surface area (Å²) >= 11 is 0. The minimum atomic E-state index is -1.88. The quantitative estimate of drug-likeness (QED) is 0.479. The van der Waals surface area contributed by atoms with Crippen LogP contribution in [0.5, 0.6) is 0 Å². The van der Waals surface area contributed by atoms with Crippen molar-refractivity contribution >= 4 is 29.7 Å². The van der Waals surface area contributed by atoms with Gasteiger partial charge in [0, 0.05) is 11.1 Å². The number of aromatic carboxylic acids is 3. The summed E-state index contributed by atoms with van der Waals surface area (Å²) in [5.41, 5.74) is -4.52. The van der Waals surface area contributed by atoms with Crippen molar-refractivity contribution in [1.82, 2.24) is 0 Å². The highest BCUT2D eigenvalue weighted by Crippen LogP contribution is 2.27. The lowest BCUT2D eigenvalue weighted by molar-refractivity contribution is 0.0509. The highest BCUT2D eigenvalue weighted by molar-refractivity contribution is 6.21. The molecule has 2 aromatic rings. The maximum atomic E-state index is 12.9. The molecule has 0 saturated heterocycles. The third-order valence-corrected chi connectivity index (χ3v) is 3.75. The van der Waals surface area contributed by atoms with E-state index >= 15 is 0 Å². The molecule has 3 N–H and O–H groups in total. The molecule has 2 rings (SSSR count). The zero-order chi connectivity index (χ0) is 21.0. The molecule has 2 aromatic carbocycles. The lowest BCUT2D eigenvalue weighted by Gasteiger charge is -2.15. The van der Waals surface area contributed by atoms with Gasteiger partial charge in [0.1, 0.15) is 0 Å². The van der Waals surface area contributed by atoms with E-state index < -0.39 is 57.5 Å². The van der Waals surface area contributed by atoms with Gasteiger partial charge in [-0.05, 0) is 13.0 Å². The molecule has 0 spiro atoms. The lowest BCUT2D eigenvalue weighted by atomic mass is 9.87. The Labute approximate surface area is 157 Å². The second kappa shape index (κ2) is 8.12. The highest BCUT2D eigenvalue weighted by atomic mass is 16.5. The Hall–Kier alpha value is -4.01. The normalized spacial score (nSPS) is 10.2. The molecular formula is C19H14O9. The van der Waals surface area contributed by atoms with Crippen LogP contribution < -0.4 is 0 Å². The van der Waals surface area contributed by atoms with Crippen LogP contribution >= 0.6 is 0 Å². The van der Waals surface area contributed by atoms with Crippen molar-refractivity contribution in [2.45, 2.75) is 6.92 Å². The predicted molar refractivity (Wildman–Crippen MR) is 93.2 cm³/mol. The summed E-state index contributed by atoms with van der Waals surface area (Å²) in [5.74, 6) is -7.63. The summed E-state index contributed by atoms with van der Waals surface area (Å²) in [6.07, 6.45) is 0. The number of esters is 1. The van der Waals surface area contributed by atoms with Gasteiger partial charge in [-0.1, -0.05) is 30.3 Å². The number of carboxylic acids is 3. The van der Waals surface area contributed by atoms with Gasteiger partial charge >= 0.3 is 23.9 Å². The van der Waals surface area contributed by atoms with Crippen LogP contribution in [0, 0.1) is 0 Å². The van der Waals surface area contributed by atoms with Gasteiger partial charge in [0.25, 0.3) is 0 Å². The standard InChI is InChI=1S/C19H14O9/c1-2-28-19(27)13-10(15(20)9-6-4-3-5-7-9)8-11(16(21)22)12(17(23)24)14(13)18(25)26/h3-8H,2H2,1H3,(H,21,22)(H,23,24)(H,25,26). The third kappa shape index (κ3) is 3.73. The zero-order valence-corrected chi connectivity index (χ0v) is 14.5. The number of carboxylic acid groups (broad SMARTS) is 3. The Balaban J connectivity index is 2.99. The molecule has 0 aliphatic carbocycles. The Morgan fingerprint density at radius 2 is 1.36 bits per heavy atom. The molecule has 0 aliphatic heterocycles. The Morgan fingerprint density at radius 1 is 0.786 bits per heavy atom. The van der Waals surface area contributed by atoms with Crippen molar-refractivity contribution in [2.24, 2.45) is 0 Å². The highest BCUT2D eigenvalue weighted by Gasteiger charge is 2.35. The average Bonchev–Trinajstić information content (AvgIpc) is 2.66. The van der Waals surface area contributed by atoms with Crippen LogP contribution in [-0.2, 0) is 4.74 Å². The van der Waals surface area contributed by atoms with Gasteiger partial charge in [0.05, 0.1) is 28.9 Å². The maximum absolute atomic E-state index is 12.9. The summed E-state index contributed by atoms with van der Waals surface area (Å²) in [6.45, 7) is 1.25. The van der Waals surface area contributed by atoms with E-state index in [2.05, 4.69) is 0 Å². The minimum absolute atomic E-state index is 0.0452. The molecule has 0 saturated carbocycles. The van der Waals surface area contributed by atoms with E-state index in [0.717, 1.165) is 0 Å². The molecule has 0 atom stereocenters. The number of hydrogen-bond acceptors (Lipinski definition) is 6. The molecule has 28 heavy (non-hydrogen) atoms. The van der Waals surface area contributed by atoms with Crippen molar-refractivity contribution in [1.29, 1.82) is 0 Å². The first-order chi connectivity index (χ1) is 13.2. The summed E-state index contributed by atoms with van der Waals surface area (Å²) in [4.78, 5) is 60.1.